The Kier molecular flexibility index (Phi) is 6.32. The second-order valence-electron chi connectivity index (χ2n) is 5.31. The fourth-order valence-corrected chi connectivity index (χ4v) is 2.27. The lowest BCUT2D eigenvalue weighted by Crippen LogP contribution is -2.34. The van der Waals surface area contributed by atoms with Gasteiger partial charge < -0.3 is 19.7 Å². The van der Waals surface area contributed by atoms with Crippen LogP contribution in [-0.2, 0) is 0 Å². The lowest BCUT2D eigenvalue weighted by molar-refractivity contribution is 0.207. The predicted octanol–water partition coefficient (Wildman–Crippen LogP) is 4.20. The number of nitrogens with zero attached hydrogens (tertiary/aromatic N) is 1. The van der Waals surface area contributed by atoms with Crippen molar-refractivity contribution in [3.63, 3.8) is 0 Å². The number of benzene rings is 2. The fraction of sp³-hybridized carbons (Fsp3) is 0.278. The van der Waals surface area contributed by atoms with E-state index in [0.29, 0.717) is 29.6 Å². The van der Waals surface area contributed by atoms with Crippen molar-refractivity contribution < 1.29 is 14.3 Å². The van der Waals surface area contributed by atoms with Crippen LogP contribution in [0.1, 0.15) is 5.56 Å². The molecule has 0 saturated heterocycles. The number of rotatable bonds is 6. The van der Waals surface area contributed by atoms with E-state index < -0.39 is 0 Å². The second-order valence-corrected chi connectivity index (χ2v) is 5.72. The molecule has 6 heteroatoms. The van der Waals surface area contributed by atoms with Crippen LogP contribution in [0.15, 0.2) is 42.5 Å². The summed E-state index contributed by atoms with van der Waals surface area (Å²) in [6, 6.07) is 12.6. The Morgan fingerprint density at radius 3 is 2.67 bits per heavy atom. The van der Waals surface area contributed by atoms with Crippen molar-refractivity contribution in [2.24, 2.45) is 0 Å². The minimum absolute atomic E-state index is 0.254. The molecule has 0 heterocycles. The molecule has 0 bridgehead atoms. The summed E-state index contributed by atoms with van der Waals surface area (Å²) in [6.07, 6.45) is 0. The first kappa shape index (κ1) is 17.9. The van der Waals surface area contributed by atoms with Crippen molar-refractivity contribution in [2.45, 2.75) is 6.92 Å². The average molecular weight is 349 g/mol. The van der Waals surface area contributed by atoms with Gasteiger partial charge in [-0.15, -0.1) is 0 Å². The molecule has 128 valence electrons. The largest absolute Gasteiger partial charge is 0.497 e. The van der Waals surface area contributed by atoms with Crippen LogP contribution in [0.25, 0.3) is 0 Å². The monoisotopic (exact) mass is 348 g/mol. The highest BCUT2D eigenvalue weighted by Crippen LogP contribution is 2.26. The molecule has 2 rings (SSSR count). The van der Waals surface area contributed by atoms with E-state index in [1.807, 2.05) is 31.2 Å². The minimum atomic E-state index is -0.254. The Morgan fingerprint density at radius 1 is 1.25 bits per heavy atom. The summed E-state index contributed by atoms with van der Waals surface area (Å²) in [5, 5.41) is 3.19. The number of hydrogen-bond donors (Lipinski definition) is 1. The molecule has 0 saturated carbocycles. The van der Waals surface area contributed by atoms with E-state index >= 15 is 0 Å². The molecule has 5 nitrogen and oxygen atoms in total. The Morgan fingerprint density at radius 2 is 2.00 bits per heavy atom. The van der Waals surface area contributed by atoms with E-state index in [1.54, 1.807) is 37.3 Å². The molecule has 0 atom stereocenters. The van der Waals surface area contributed by atoms with E-state index in [1.165, 1.54) is 0 Å². The van der Waals surface area contributed by atoms with Crippen LogP contribution < -0.4 is 14.8 Å². The number of nitrogens with one attached hydrogen (secondary N) is 1. The molecule has 0 unspecified atom stereocenters. The lowest BCUT2D eigenvalue weighted by Gasteiger charge is -2.19. The summed E-state index contributed by atoms with van der Waals surface area (Å²) in [7, 11) is 3.26. The van der Waals surface area contributed by atoms with Gasteiger partial charge in [-0.25, -0.2) is 4.79 Å². The maximum Gasteiger partial charge on any atom is 0.321 e. The lowest BCUT2D eigenvalue weighted by atomic mass is 10.2. The van der Waals surface area contributed by atoms with Gasteiger partial charge >= 0.3 is 6.03 Å². The zero-order valence-electron chi connectivity index (χ0n) is 14.0. The molecule has 0 aromatic heterocycles. The summed E-state index contributed by atoms with van der Waals surface area (Å²) < 4.78 is 10.8. The zero-order valence-corrected chi connectivity index (χ0v) is 14.8. The first-order valence-electron chi connectivity index (χ1n) is 7.55. The van der Waals surface area contributed by atoms with Gasteiger partial charge in [-0.1, -0.05) is 29.8 Å². The first-order valence-corrected chi connectivity index (χ1v) is 7.93. The van der Waals surface area contributed by atoms with Crippen molar-refractivity contribution in [1.29, 1.82) is 0 Å². The number of methoxy groups -OCH3 is 1. The van der Waals surface area contributed by atoms with Gasteiger partial charge in [0.2, 0.25) is 0 Å². The van der Waals surface area contributed by atoms with Gasteiger partial charge in [0.15, 0.2) is 0 Å². The summed E-state index contributed by atoms with van der Waals surface area (Å²) in [5.41, 5.74) is 1.60. The van der Waals surface area contributed by atoms with Crippen LogP contribution in [0.5, 0.6) is 11.5 Å². The van der Waals surface area contributed by atoms with Crippen LogP contribution in [0.3, 0.4) is 0 Å². The minimum Gasteiger partial charge on any atom is -0.497 e. The molecule has 0 radical (unpaired) electrons. The highest BCUT2D eigenvalue weighted by atomic mass is 35.5. The van der Waals surface area contributed by atoms with E-state index in [9.17, 15) is 4.79 Å². The molecule has 1 N–H and O–H groups in total. The van der Waals surface area contributed by atoms with Crippen molar-refractivity contribution in [3.8, 4) is 11.5 Å². The number of hydrogen-bond acceptors (Lipinski definition) is 3. The second kappa shape index (κ2) is 8.45. The topological polar surface area (TPSA) is 50.8 Å². The molecule has 2 amide bonds. The van der Waals surface area contributed by atoms with Crippen LogP contribution in [0, 0.1) is 6.92 Å². The predicted molar refractivity (Wildman–Crippen MR) is 96.3 cm³/mol. The van der Waals surface area contributed by atoms with E-state index in [2.05, 4.69) is 5.32 Å². The summed E-state index contributed by atoms with van der Waals surface area (Å²) in [6.45, 7) is 2.84. The number of anilines is 1. The molecule has 2 aromatic rings. The van der Waals surface area contributed by atoms with Crippen molar-refractivity contribution in [2.75, 3.05) is 32.6 Å². The van der Waals surface area contributed by atoms with E-state index in [4.69, 9.17) is 21.1 Å². The summed E-state index contributed by atoms with van der Waals surface area (Å²) >= 11 is 6.12. The molecule has 0 aliphatic heterocycles. The van der Waals surface area contributed by atoms with Gasteiger partial charge in [0.25, 0.3) is 0 Å². The Balaban J connectivity index is 1.85. The van der Waals surface area contributed by atoms with Gasteiger partial charge in [0, 0.05) is 13.1 Å². The number of urea groups is 1. The first-order chi connectivity index (χ1) is 11.5. The molecule has 24 heavy (non-hydrogen) atoms. The van der Waals surface area contributed by atoms with Crippen molar-refractivity contribution in [1.82, 2.24) is 4.90 Å². The van der Waals surface area contributed by atoms with Crippen LogP contribution in [0.4, 0.5) is 10.5 Å². The summed E-state index contributed by atoms with van der Waals surface area (Å²) in [5.74, 6) is 1.46. The number of aryl methyl sites for hydroxylation is 1. The van der Waals surface area contributed by atoms with Crippen molar-refractivity contribution >= 4 is 23.3 Å². The number of likely N-dealkylation sites (N-methyl/N-ethyl adjacent to an activating group) is 1. The average Bonchev–Trinajstić information content (AvgIpc) is 2.58. The third-order valence-corrected chi connectivity index (χ3v) is 3.86. The zero-order chi connectivity index (χ0) is 17.5. The third-order valence-electron chi connectivity index (χ3n) is 3.54. The van der Waals surface area contributed by atoms with Gasteiger partial charge in [0.1, 0.15) is 18.1 Å². The maximum atomic E-state index is 12.2. The normalized spacial score (nSPS) is 10.2. The van der Waals surface area contributed by atoms with Crippen molar-refractivity contribution in [3.05, 3.63) is 53.1 Å². The highest BCUT2D eigenvalue weighted by molar-refractivity contribution is 6.33. The van der Waals surface area contributed by atoms with E-state index in [-0.39, 0.29) is 6.03 Å². The van der Waals surface area contributed by atoms with Gasteiger partial charge in [0.05, 0.1) is 24.4 Å². The highest BCUT2D eigenvalue weighted by Gasteiger charge is 2.11. The molecular weight excluding hydrogens is 328 g/mol. The quantitative estimate of drug-likeness (QED) is 0.851. The van der Waals surface area contributed by atoms with Gasteiger partial charge in [-0.3, -0.25) is 0 Å². The number of halogens is 1. The molecule has 2 aromatic carbocycles. The Bertz CT molecular complexity index is 706. The van der Waals surface area contributed by atoms with Crippen LogP contribution >= 0.6 is 11.6 Å². The maximum absolute atomic E-state index is 12.2. The summed E-state index contributed by atoms with van der Waals surface area (Å²) in [4.78, 5) is 13.7. The smallest absolute Gasteiger partial charge is 0.321 e. The van der Waals surface area contributed by atoms with Gasteiger partial charge in [-0.05, 0) is 30.7 Å². The number of ether oxygens (including phenoxy) is 2. The third kappa shape index (κ3) is 4.80. The number of carbonyl (C=O) groups excluding carboxylic acids is 1. The van der Waals surface area contributed by atoms with Crippen LogP contribution in [-0.4, -0.2) is 38.2 Å². The molecule has 0 aliphatic carbocycles. The fourth-order valence-electron chi connectivity index (χ4n) is 2.05. The van der Waals surface area contributed by atoms with E-state index in [0.717, 1.165) is 11.3 Å². The number of carbonyl (C=O) groups is 1. The molecule has 0 spiro atoms. The number of para-hydroxylation sites is 1. The van der Waals surface area contributed by atoms with Crippen LogP contribution in [0.2, 0.25) is 5.02 Å². The standard InChI is InChI=1S/C18H21ClN2O3/c1-13-6-4-5-7-17(13)24-11-10-21(2)18(22)20-16-9-8-14(23-3)12-15(16)19/h4-9,12H,10-11H2,1-3H3,(H,20,22). The Hall–Kier alpha value is -2.40. The SMILES string of the molecule is COc1ccc(NC(=O)N(C)CCOc2ccccc2C)c(Cl)c1. The molecule has 0 fully saturated rings. The molecule has 0 aliphatic rings. The Labute approximate surface area is 147 Å². The van der Waals surface area contributed by atoms with Gasteiger partial charge in [-0.2, -0.15) is 0 Å². The number of amides is 2. The molecular formula is C18H21ClN2O3.